The molecular formula is C8H16N2O2. The summed E-state index contributed by atoms with van der Waals surface area (Å²) >= 11 is 0. The Labute approximate surface area is 73.1 Å². The van der Waals surface area contributed by atoms with Gasteiger partial charge in [0.15, 0.2) is 0 Å². The third-order valence-electron chi connectivity index (χ3n) is 1.76. The predicted octanol–water partition coefficient (Wildman–Crippen LogP) is -0.0570. The van der Waals surface area contributed by atoms with E-state index < -0.39 is 0 Å². The number of amides is 2. The van der Waals surface area contributed by atoms with Crippen molar-refractivity contribution in [1.29, 1.82) is 0 Å². The van der Waals surface area contributed by atoms with Crippen LogP contribution in [0.1, 0.15) is 13.3 Å². The Kier molecular flexibility index (Phi) is 5.08. The molecular weight excluding hydrogens is 156 g/mol. The Morgan fingerprint density at radius 2 is 2.00 bits per heavy atom. The van der Waals surface area contributed by atoms with Gasteiger partial charge in [-0.1, -0.05) is 0 Å². The topological polar surface area (TPSA) is 40.6 Å². The van der Waals surface area contributed by atoms with Crippen molar-refractivity contribution in [3.05, 3.63) is 0 Å². The zero-order valence-corrected chi connectivity index (χ0v) is 7.91. The highest BCUT2D eigenvalue weighted by Gasteiger charge is 2.06. The van der Waals surface area contributed by atoms with Gasteiger partial charge in [-0.15, -0.1) is 0 Å². The van der Waals surface area contributed by atoms with E-state index in [1.54, 1.807) is 19.0 Å². The van der Waals surface area contributed by atoms with Crippen molar-refractivity contribution >= 4 is 12.3 Å². The Morgan fingerprint density at radius 1 is 1.42 bits per heavy atom. The third kappa shape index (κ3) is 3.95. The lowest BCUT2D eigenvalue weighted by atomic mass is 10.3. The summed E-state index contributed by atoms with van der Waals surface area (Å²) in [6.45, 7) is 3.12. The first-order valence-electron chi connectivity index (χ1n) is 4.01. The molecule has 0 aromatic heterocycles. The van der Waals surface area contributed by atoms with Crippen molar-refractivity contribution in [2.75, 3.05) is 27.2 Å². The summed E-state index contributed by atoms with van der Waals surface area (Å²) in [4.78, 5) is 24.4. The molecule has 0 saturated carbocycles. The second-order valence-electron chi connectivity index (χ2n) is 2.74. The summed E-state index contributed by atoms with van der Waals surface area (Å²) in [6.07, 6.45) is 1.12. The Morgan fingerprint density at radius 3 is 2.42 bits per heavy atom. The lowest BCUT2D eigenvalue weighted by molar-refractivity contribution is -0.130. The van der Waals surface area contributed by atoms with Crippen molar-refractivity contribution in [3.63, 3.8) is 0 Å². The average molecular weight is 172 g/mol. The van der Waals surface area contributed by atoms with Crippen molar-refractivity contribution in [3.8, 4) is 0 Å². The van der Waals surface area contributed by atoms with Gasteiger partial charge in [-0.25, -0.2) is 0 Å². The molecule has 4 heteroatoms. The van der Waals surface area contributed by atoms with Gasteiger partial charge in [-0.2, -0.15) is 0 Å². The van der Waals surface area contributed by atoms with Gasteiger partial charge in [0.25, 0.3) is 0 Å². The smallest absolute Gasteiger partial charge is 0.224 e. The molecule has 12 heavy (non-hydrogen) atoms. The molecule has 0 unspecified atom stereocenters. The molecule has 4 nitrogen and oxygen atoms in total. The van der Waals surface area contributed by atoms with Crippen molar-refractivity contribution in [2.45, 2.75) is 13.3 Å². The number of hydrogen-bond acceptors (Lipinski definition) is 2. The largest absolute Gasteiger partial charge is 0.348 e. The van der Waals surface area contributed by atoms with Crippen LogP contribution in [0.15, 0.2) is 0 Å². The maximum absolute atomic E-state index is 11.2. The molecule has 0 rings (SSSR count). The summed E-state index contributed by atoms with van der Waals surface area (Å²) in [5.74, 6) is 0.0752. The molecule has 2 amide bonds. The monoisotopic (exact) mass is 172 g/mol. The number of nitrogens with zero attached hydrogens (tertiary/aromatic N) is 2. The minimum absolute atomic E-state index is 0.0752. The molecule has 0 aliphatic carbocycles. The predicted molar refractivity (Wildman–Crippen MR) is 46.6 cm³/mol. The van der Waals surface area contributed by atoms with E-state index in [0.29, 0.717) is 19.5 Å². The van der Waals surface area contributed by atoms with Crippen LogP contribution < -0.4 is 0 Å². The molecule has 0 aliphatic heterocycles. The highest BCUT2D eigenvalue weighted by molar-refractivity contribution is 5.76. The molecule has 0 aromatic carbocycles. The zero-order valence-electron chi connectivity index (χ0n) is 7.91. The van der Waals surface area contributed by atoms with Gasteiger partial charge in [-0.3, -0.25) is 9.59 Å². The summed E-state index contributed by atoms with van der Waals surface area (Å²) in [5, 5.41) is 0. The van der Waals surface area contributed by atoms with Crippen molar-refractivity contribution in [2.24, 2.45) is 0 Å². The van der Waals surface area contributed by atoms with Gasteiger partial charge in [-0.05, 0) is 6.92 Å². The van der Waals surface area contributed by atoms with E-state index in [-0.39, 0.29) is 5.91 Å². The van der Waals surface area contributed by atoms with Crippen molar-refractivity contribution in [1.82, 2.24) is 9.80 Å². The molecule has 0 saturated heterocycles. The summed E-state index contributed by atoms with van der Waals surface area (Å²) in [6, 6.07) is 0. The van der Waals surface area contributed by atoms with Crippen LogP contribution in [0.2, 0.25) is 0 Å². The Hall–Kier alpha value is -1.06. The van der Waals surface area contributed by atoms with E-state index in [1.807, 2.05) is 6.92 Å². The summed E-state index contributed by atoms with van der Waals surface area (Å²) < 4.78 is 0. The van der Waals surface area contributed by atoms with Crippen LogP contribution in [-0.2, 0) is 9.59 Å². The summed E-state index contributed by atoms with van der Waals surface area (Å²) in [7, 11) is 3.41. The van der Waals surface area contributed by atoms with Crippen LogP contribution in [0, 0.1) is 0 Å². The number of carbonyl (C=O) groups is 2. The normalized spacial score (nSPS) is 9.25. The summed E-state index contributed by atoms with van der Waals surface area (Å²) in [5.41, 5.74) is 0. The van der Waals surface area contributed by atoms with Crippen LogP contribution >= 0.6 is 0 Å². The molecule has 0 bridgehead atoms. The lowest BCUT2D eigenvalue weighted by Crippen LogP contribution is -2.30. The molecule has 0 aromatic rings. The zero-order chi connectivity index (χ0) is 9.56. The number of rotatable bonds is 5. The van der Waals surface area contributed by atoms with E-state index in [9.17, 15) is 9.59 Å². The van der Waals surface area contributed by atoms with E-state index in [4.69, 9.17) is 0 Å². The van der Waals surface area contributed by atoms with Crippen LogP contribution in [0.5, 0.6) is 0 Å². The lowest BCUT2D eigenvalue weighted by Gasteiger charge is -2.16. The fourth-order valence-electron chi connectivity index (χ4n) is 0.692. The average Bonchev–Trinajstić information content (AvgIpc) is 2.11. The maximum atomic E-state index is 11.2. The molecule has 0 N–H and O–H groups in total. The molecule has 0 aliphatic rings. The van der Waals surface area contributed by atoms with Crippen LogP contribution in [0.3, 0.4) is 0 Å². The van der Waals surface area contributed by atoms with Gasteiger partial charge < -0.3 is 9.80 Å². The molecule has 0 radical (unpaired) electrons. The minimum atomic E-state index is 0.0752. The fraction of sp³-hybridized carbons (Fsp3) is 0.750. The van der Waals surface area contributed by atoms with E-state index in [0.717, 1.165) is 6.41 Å². The van der Waals surface area contributed by atoms with E-state index >= 15 is 0 Å². The Bertz CT molecular complexity index is 159. The molecule has 0 heterocycles. The van der Waals surface area contributed by atoms with Gasteiger partial charge in [0.05, 0.1) is 0 Å². The number of hydrogen-bond donors (Lipinski definition) is 0. The van der Waals surface area contributed by atoms with Gasteiger partial charge in [0.2, 0.25) is 12.3 Å². The van der Waals surface area contributed by atoms with Gasteiger partial charge >= 0.3 is 0 Å². The van der Waals surface area contributed by atoms with Crippen LogP contribution in [-0.4, -0.2) is 49.3 Å². The molecule has 0 fully saturated rings. The number of carbonyl (C=O) groups excluding carboxylic acids is 2. The highest BCUT2D eigenvalue weighted by Crippen LogP contribution is 1.91. The van der Waals surface area contributed by atoms with E-state index in [1.165, 1.54) is 4.90 Å². The molecule has 70 valence electrons. The minimum Gasteiger partial charge on any atom is -0.348 e. The molecule has 0 atom stereocenters. The molecule has 0 spiro atoms. The third-order valence-corrected chi connectivity index (χ3v) is 1.76. The van der Waals surface area contributed by atoms with E-state index in [2.05, 4.69) is 0 Å². The Balaban J connectivity index is 3.63. The standard InChI is InChI=1S/C8H16N2O2/c1-4-10(3)8(12)5-6-9(2)7-11/h7H,4-6H2,1-3H3. The maximum Gasteiger partial charge on any atom is 0.224 e. The van der Waals surface area contributed by atoms with Gasteiger partial charge in [0.1, 0.15) is 0 Å². The van der Waals surface area contributed by atoms with Crippen molar-refractivity contribution < 1.29 is 9.59 Å². The van der Waals surface area contributed by atoms with Gasteiger partial charge in [0, 0.05) is 33.6 Å². The van der Waals surface area contributed by atoms with Crippen LogP contribution in [0.4, 0.5) is 0 Å². The van der Waals surface area contributed by atoms with Crippen LogP contribution in [0.25, 0.3) is 0 Å². The highest BCUT2D eigenvalue weighted by atomic mass is 16.2. The quantitative estimate of drug-likeness (QED) is 0.545. The first-order valence-corrected chi connectivity index (χ1v) is 4.01. The first kappa shape index (κ1) is 10.9. The second kappa shape index (κ2) is 5.57. The SMILES string of the molecule is CCN(C)C(=O)CCN(C)C=O. The first-order chi connectivity index (χ1) is 5.61. The second-order valence-corrected chi connectivity index (χ2v) is 2.74. The fourth-order valence-corrected chi connectivity index (χ4v) is 0.692.